The highest BCUT2D eigenvalue weighted by Crippen LogP contribution is 2.19. The summed E-state index contributed by atoms with van der Waals surface area (Å²) in [5.41, 5.74) is 2.61. The number of aromatic nitrogens is 5. The van der Waals surface area contributed by atoms with Gasteiger partial charge in [-0.1, -0.05) is 12.1 Å². The smallest absolute Gasteiger partial charge is 0.276 e. The first-order chi connectivity index (χ1) is 10.1. The Morgan fingerprint density at radius 2 is 2.14 bits per heavy atom. The van der Waals surface area contributed by atoms with Gasteiger partial charge in [0.2, 0.25) is 0 Å². The second kappa shape index (κ2) is 5.20. The fourth-order valence-corrected chi connectivity index (χ4v) is 1.99. The van der Waals surface area contributed by atoms with E-state index in [-0.39, 0.29) is 5.91 Å². The molecule has 1 aromatic carbocycles. The predicted octanol–water partition coefficient (Wildman–Crippen LogP) is 2.06. The number of hydrogen-bond donors (Lipinski definition) is 3. The first-order valence-electron chi connectivity index (χ1n) is 6.44. The van der Waals surface area contributed by atoms with Crippen molar-refractivity contribution in [1.82, 2.24) is 25.1 Å². The van der Waals surface area contributed by atoms with Crippen LogP contribution in [0.15, 0.2) is 30.6 Å². The molecule has 0 spiro atoms. The van der Waals surface area contributed by atoms with Crippen molar-refractivity contribution in [3.05, 3.63) is 47.8 Å². The van der Waals surface area contributed by atoms with Crippen molar-refractivity contribution >= 4 is 11.6 Å². The SMILES string of the molecule is Cc1nc(-c2cccc(NC(=O)c3nc[nH]c3C)c2)n[nH]1. The molecule has 2 aromatic heterocycles. The quantitative estimate of drug-likeness (QED) is 0.684. The first-order valence-corrected chi connectivity index (χ1v) is 6.44. The Balaban J connectivity index is 1.84. The van der Waals surface area contributed by atoms with E-state index in [9.17, 15) is 4.79 Å². The maximum atomic E-state index is 12.1. The van der Waals surface area contributed by atoms with E-state index in [1.807, 2.05) is 31.2 Å². The number of benzene rings is 1. The average molecular weight is 282 g/mol. The normalized spacial score (nSPS) is 10.6. The van der Waals surface area contributed by atoms with Crippen LogP contribution in [0.3, 0.4) is 0 Å². The summed E-state index contributed by atoms with van der Waals surface area (Å²) >= 11 is 0. The lowest BCUT2D eigenvalue weighted by Gasteiger charge is -2.05. The van der Waals surface area contributed by atoms with Crippen molar-refractivity contribution in [1.29, 1.82) is 0 Å². The lowest BCUT2D eigenvalue weighted by molar-refractivity contribution is 0.102. The van der Waals surface area contributed by atoms with Crippen LogP contribution in [0, 0.1) is 13.8 Å². The van der Waals surface area contributed by atoms with Gasteiger partial charge >= 0.3 is 0 Å². The van der Waals surface area contributed by atoms with Crippen LogP contribution in [0.1, 0.15) is 22.0 Å². The van der Waals surface area contributed by atoms with Crippen molar-refractivity contribution in [3.8, 4) is 11.4 Å². The lowest BCUT2D eigenvalue weighted by atomic mass is 10.2. The summed E-state index contributed by atoms with van der Waals surface area (Å²) in [5, 5.41) is 9.71. The number of hydrogen-bond acceptors (Lipinski definition) is 4. The third kappa shape index (κ3) is 2.66. The Labute approximate surface area is 120 Å². The topological polar surface area (TPSA) is 99.3 Å². The van der Waals surface area contributed by atoms with E-state index in [0.717, 1.165) is 17.1 Å². The zero-order valence-corrected chi connectivity index (χ0v) is 11.6. The van der Waals surface area contributed by atoms with Gasteiger partial charge in [-0.3, -0.25) is 9.89 Å². The second-order valence-corrected chi connectivity index (χ2v) is 4.66. The molecule has 0 bridgehead atoms. The number of amides is 1. The van der Waals surface area contributed by atoms with E-state index in [1.54, 1.807) is 6.92 Å². The molecule has 0 radical (unpaired) electrons. The standard InChI is InChI=1S/C14H14N6O/c1-8-12(16-7-15-8)14(21)18-11-5-3-4-10(6-11)13-17-9(2)19-20-13/h3-7H,1-2H3,(H,15,16)(H,18,21)(H,17,19,20). The Morgan fingerprint density at radius 3 is 2.81 bits per heavy atom. The van der Waals surface area contributed by atoms with Gasteiger partial charge in [-0.15, -0.1) is 0 Å². The zero-order valence-electron chi connectivity index (χ0n) is 11.6. The van der Waals surface area contributed by atoms with Crippen molar-refractivity contribution in [2.24, 2.45) is 0 Å². The van der Waals surface area contributed by atoms with Crippen LogP contribution in [-0.2, 0) is 0 Å². The lowest BCUT2D eigenvalue weighted by Crippen LogP contribution is -2.13. The Bertz CT molecular complexity index is 788. The summed E-state index contributed by atoms with van der Waals surface area (Å²) in [6, 6.07) is 7.36. The Morgan fingerprint density at radius 1 is 1.29 bits per heavy atom. The molecule has 3 N–H and O–H groups in total. The van der Waals surface area contributed by atoms with E-state index < -0.39 is 0 Å². The third-order valence-electron chi connectivity index (χ3n) is 3.02. The van der Waals surface area contributed by atoms with Crippen LogP contribution in [-0.4, -0.2) is 31.1 Å². The maximum Gasteiger partial charge on any atom is 0.276 e. The van der Waals surface area contributed by atoms with Crippen molar-refractivity contribution in [2.75, 3.05) is 5.32 Å². The summed E-state index contributed by atoms with van der Waals surface area (Å²) in [7, 11) is 0. The molecular weight excluding hydrogens is 268 g/mol. The molecule has 2 heterocycles. The molecule has 7 nitrogen and oxygen atoms in total. The molecule has 0 aliphatic carbocycles. The molecule has 0 unspecified atom stereocenters. The van der Waals surface area contributed by atoms with E-state index in [2.05, 4.69) is 30.5 Å². The van der Waals surface area contributed by atoms with E-state index in [0.29, 0.717) is 17.2 Å². The van der Waals surface area contributed by atoms with Gasteiger partial charge in [0.05, 0.1) is 6.33 Å². The number of nitrogens with one attached hydrogen (secondary N) is 3. The number of carbonyl (C=O) groups is 1. The molecule has 21 heavy (non-hydrogen) atoms. The number of rotatable bonds is 3. The van der Waals surface area contributed by atoms with Gasteiger partial charge in [-0.2, -0.15) is 5.10 Å². The Kier molecular flexibility index (Phi) is 3.23. The van der Waals surface area contributed by atoms with Crippen molar-refractivity contribution < 1.29 is 4.79 Å². The minimum Gasteiger partial charge on any atom is -0.348 e. The van der Waals surface area contributed by atoms with E-state index >= 15 is 0 Å². The minimum absolute atomic E-state index is 0.253. The largest absolute Gasteiger partial charge is 0.348 e. The molecule has 0 aliphatic heterocycles. The fraction of sp³-hybridized carbons (Fsp3) is 0.143. The Hall–Kier alpha value is -2.96. The van der Waals surface area contributed by atoms with Crippen LogP contribution in [0.2, 0.25) is 0 Å². The van der Waals surface area contributed by atoms with Crippen LogP contribution in [0.4, 0.5) is 5.69 Å². The fourth-order valence-electron chi connectivity index (χ4n) is 1.99. The molecule has 0 aliphatic rings. The first kappa shape index (κ1) is 13.0. The van der Waals surface area contributed by atoms with Gasteiger partial charge < -0.3 is 10.3 Å². The molecular formula is C14H14N6O. The molecule has 0 atom stereocenters. The minimum atomic E-state index is -0.253. The van der Waals surface area contributed by atoms with Gasteiger partial charge in [-0.05, 0) is 26.0 Å². The highest BCUT2D eigenvalue weighted by Gasteiger charge is 2.12. The van der Waals surface area contributed by atoms with Crippen LogP contribution in [0.25, 0.3) is 11.4 Å². The molecule has 7 heteroatoms. The number of nitrogens with zero attached hydrogens (tertiary/aromatic N) is 3. The highest BCUT2D eigenvalue weighted by molar-refractivity contribution is 6.03. The van der Waals surface area contributed by atoms with Crippen molar-refractivity contribution in [3.63, 3.8) is 0 Å². The molecule has 1 amide bonds. The average Bonchev–Trinajstić information content (AvgIpc) is 3.08. The number of carbonyl (C=O) groups excluding carboxylic acids is 1. The summed E-state index contributed by atoms with van der Waals surface area (Å²) in [4.78, 5) is 23.3. The van der Waals surface area contributed by atoms with Gasteiger partial charge in [0, 0.05) is 16.9 Å². The number of H-pyrrole nitrogens is 2. The van der Waals surface area contributed by atoms with Crippen LogP contribution < -0.4 is 5.32 Å². The van der Waals surface area contributed by atoms with Gasteiger partial charge in [0.15, 0.2) is 5.82 Å². The summed E-state index contributed by atoms with van der Waals surface area (Å²) < 4.78 is 0. The highest BCUT2D eigenvalue weighted by atomic mass is 16.1. The number of anilines is 1. The van der Waals surface area contributed by atoms with Crippen LogP contribution in [0.5, 0.6) is 0 Å². The van der Waals surface area contributed by atoms with Gasteiger partial charge in [0.25, 0.3) is 5.91 Å². The molecule has 0 saturated carbocycles. The van der Waals surface area contributed by atoms with E-state index in [1.165, 1.54) is 6.33 Å². The number of imidazole rings is 1. The zero-order chi connectivity index (χ0) is 14.8. The summed E-state index contributed by atoms with van der Waals surface area (Å²) in [6.07, 6.45) is 1.50. The molecule has 106 valence electrons. The number of aromatic amines is 2. The maximum absolute atomic E-state index is 12.1. The molecule has 3 rings (SSSR count). The second-order valence-electron chi connectivity index (χ2n) is 4.66. The van der Waals surface area contributed by atoms with Gasteiger partial charge in [-0.25, -0.2) is 9.97 Å². The third-order valence-corrected chi connectivity index (χ3v) is 3.02. The van der Waals surface area contributed by atoms with E-state index in [4.69, 9.17) is 0 Å². The predicted molar refractivity (Wildman–Crippen MR) is 77.8 cm³/mol. The van der Waals surface area contributed by atoms with Gasteiger partial charge in [0.1, 0.15) is 11.5 Å². The van der Waals surface area contributed by atoms with Crippen molar-refractivity contribution in [2.45, 2.75) is 13.8 Å². The molecule has 0 fully saturated rings. The van der Waals surface area contributed by atoms with Crippen LogP contribution >= 0.6 is 0 Å². The number of aryl methyl sites for hydroxylation is 2. The summed E-state index contributed by atoms with van der Waals surface area (Å²) in [6.45, 7) is 3.64. The summed E-state index contributed by atoms with van der Waals surface area (Å²) in [5.74, 6) is 1.09. The molecule has 0 saturated heterocycles. The monoisotopic (exact) mass is 282 g/mol. The molecule has 3 aromatic rings.